The van der Waals surface area contributed by atoms with Crippen LogP contribution in [0.3, 0.4) is 0 Å². The molecule has 7 nitrogen and oxygen atoms in total. The second-order valence-electron chi connectivity index (χ2n) is 3.56. The van der Waals surface area contributed by atoms with Gasteiger partial charge in [-0.2, -0.15) is 10.4 Å². The molecule has 0 aliphatic carbocycles. The number of aromatic nitrogens is 5. The molecule has 18 heavy (non-hydrogen) atoms. The van der Waals surface area contributed by atoms with E-state index in [9.17, 15) is 4.79 Å². The molecule has 92 valence electrons. The fraction of sp³-hybridized carbons (Fsp3) is 0.300. The summed E-state index contributed by atoms with van der Waals surface area (Å²) in [6.07, 6.45) is 0. The van der Waals surface area contributed by atoms with Crippen molar-refractivity contribution < 1.29 is 0 Å². The lowest BCUT2D eigenvalue weighted by molar-refractivity contribution is 0.921. The summed E-state index contributed by atoms with van der Waals surface area (Å²) in [5.74, 6) is 1.57. The summed E-state index contributed by atoms with van der Waals surface area (Å²) in [7, 11) is 0. The zero-order chi connectivity index (χ0) is 13.1. The number of hydrogen-bond acceptors (Lipinski definition) is 6. The number of nitrogens with zero attached hydrogens (tertiary/aromatic N) is 4. The third-order valence-electron chi connectivity index (χ3n) is 2.18. The average molecular weight is 262 g/mol. The molecule has 0 amide bonds. The SMILES string of the molecule is Cc1nc(C)c(C#N)c(SCc2n[nH]c(=O)[nH]2)n1. The smallest absolute Gasteiger partial charge is 0.292 e. The summed E-state index contributed by atoms with van der Waals surface area (Å²) >= 11 is 1.34. The molecule has 0 aliphatic rings. The second kappa shape index (κ2) is 5.01. The molecular weight excluding hydrogens is 252 g/mol. The van der Waals surface area contributed by atoms with Crippen molar-refractivity contribution in [2.24, 2.45) is 0 Å². The van der Waals surface area contributed by atoms with Crippen LogP contribution in [-0.2, 0) is 5.75 Å². The number of rotatable bonds is 3. The van der Waals surface area contributed by atoms with Crippen LogP contribution in [0.15, 0.2) is 9.82 Å². The number of H-pyrrole nitrogens is 2. The minimum absolute atomic E-state index is 0.346. The molecule has 0 radical (unpaired) electrons. The van der Waals surface area contributed by atoms with Crippen molar-refractivity contribution in [3.63, 3.8) is 0 Å². The summed E-state index contributed by atoms with van der Waals surface area (Å²) in [6.45, 7) is 3.54. The first-order chi connectivity index (χ1) is 8.60. The average Bonchev–Trinajstić information content (AvgIpc) is 2.72. The standard InChI is InChI=1S/C10H10N6OS/c1-5-7(3-11)9(13-6(2)12-5)18-4-8-14-10(17)16-15-8/h4H2,1-2H3,(H2,14,15,16,17). The summed E-state index contributed by atoms with van der Waals surface area (Å²) in [6, 6.07) is 2.09. The molecule has 8 heteroatoms. The molecule has 0 saturated carbocycles. The van der Waals surface area contributed by atoms with Crippen molar-refractivity contribution in [2.75, 3.05) is 0 Å². The molecule has 2 rings (SSSR count). The molecule has 0 unspecified atom stereocenters. The number of aromatic amines is 2. The van der Waals surface area contributed by atoms with Crippen LogP contribution in [0.25, 0.3) is 0 Å². The highest BCUT2D eigenvalue weighted by atomic mass is 32.2. The molecule has 0 fully saturated rings. The van der Waals surface area contributed by atoms with Crippen molar-refractivity contribution >= 4 is 11.8 Å². The molecule has 0 bridgehead atoms. The molecule has 2 N–H and O–H groups in total. The van der Waals surface area contributed by atoms with Gasteiger partial charge in [-0.1, -0.05) is 11.8 Å². The number of thioether (sulfide) groups is 1. The highest BCUT2D eigenvalue weighted by molar-refractivity contribution is 7.98. The Kier molecular flexibility index (Phi) is 3.43. The van der Waals surface area contributed by atoms with Gasteiger partial charge in [-0.15, -0.1) is 0 Å². The predicted molar refractivity (Wildman–Crippen MR) is 65.0 cm³/mol. The van der Waals surface area contributed by atoms with E-state index in [2.05, 4.69) is 31.2 Å². The van der Waals surface area contributed by atoms with Crippen LogP contribution in [-0.4, -0.2) is 25.1 Å². The number of hydrogen-bond donors (Lipinski definition) is 2. The molecule has 0 aliphatic heterocycles. The van der Waals surface area contributed by atoms with E-state index >= 15 is 0 Å². The molecule has 0 saturated heterocycles. The molecule has 2 aromatic heterocycles. The Morgan fingerprint density at radius 2 is 2.17 bits per heavy atom. The van der Waals surface area contributed by atoms with Gasteiger partial charge < -0.3 is 0 Å². The molecule has 2 aromatic rings. The van der Waals surface area contributed by atoms with Gasteiger partial charge in [-0.05, 0) is 13.8 Å². The zero-order valence-corrected chi connectivity index (χ0v) is 10.6. The van der Waals surface area contributed by atoms with E-state index in [1.165, 1.54) is 11.8 Å². The van der Waals surface area contributed by atoms with Gasteiger partial charge in [0.15, 0.2) is 0 Å². The first-order valence-corrected chi connectivity index (χ1v) is 6.10. The van der Waals surface area contributed by atoms with Crippen LogP contribution in [0, 0.1) is 25.2 Å². The maximum absolute atomic E-state index is 10.9. The Morgan fingerprint density at radius 1 is 1.39 bits per heavy atom. The molecular formula is C10H10N6OS. The fourth-order valence-corrected chi connectivity index (χ4v) is 2.37. The van der Waals surface area contributed by atoms with E-state index in [0.29, 0.717) is 33.7 Å². The van der Waals surface area contributed by atoms with Crippen molar-refractivity contribution in [1.82, 2.24) is 25.1 Å². The molecule has 0 aromatic carbocycles. The maximum atomic E-state index is 10.9. The zero-order valence-electron chi connectivity index (χ0n) is 9.81. The summed E-state index contributed by atoms with van der Waals surface area (Å²) in [5, 5.41) is 15.7. The summed E-state index contributed by atoms with van der Waals surface area (Å²) in [4.78, 5) is 21.8. The van der Waals surface area contributed by atoms with E-state index in [0.717, 1.165) is 0 Å². The van der Waals surface area contributed by atoms with Crippen LogP contribution in [0.1, 0.15) is 22.9 Å². The van der Waals surface area contributed by atoms with Crippen molar-refractivity contribution in [2.45, 2.75) is 24.6 Å². The van der Waals surface area contributed by atoms with Gasteiger partial charge in [0.05, 0.1) is 11.4 Å². The van der Waals surface area contributed by atoms with Gasteiger partial charge in [0.1, 0.15) is 28.3 Å². The minimum atomic E-state index is -0.346. The largest absolute Gasteiger partial charge is 0.340 e. The normalized spacial score (nSPS) is 10.3. The summed E-state index contributed by atoms with van der Waals surface area (Å²) < 4.78 is 0. The Hall–Kier alpha value is -2.14. The van der Waals surface area contributed by atoms with Gasteiger partial charge in [0.25, 0.3) is 0 Å². The predicted octanol–water partition coefficient (Wildman–Crippen LogP) is 0.669. The van der Waals surface area contributed by atoms with Gasteiger partial charge >= 0.3 is 5.69 Å². The highest BCUT2D eigenvalue weighted by Crippen LogP contribution is 2.24. The van der Waals surface area contributed by atoms with E-state index in [1.807, 2.05) is 0 Å². The van der Waals surface area contributed by atoms with Crippen LogP contribution in [0.5, 0.6) is 0 Å². The second-order valence-corrected chi connectivity index (χ2v) is 4.53. The topological polar surface area (TPSA) is 111 Å². The first kappa shape index (κ1) is 12.3. The first-order valence-electron chi connectivity index (χ1n) is 5.12. The Labute approximate surface area is 107 Å². The van der Waals surface area contributed by atoms with E-state index in [-0.39, 0.29) is 5.69 Å². The van der Waals surface area contributed by atoms with E-state index in [1.54, 1.807) is 13.8 Å². The Morgan fingerprint density at radius 3 is 2.78 bits per heavy atom. The van der Waals surface area contributed by atoms with Crippen LogP contribution >= 0.6 is 11.8 Å². The lowest BCUT2D eigenvalue weighted by Gasteiger charge is -2.05. The van der Waals surface area contributed by atoms with Crippen molar-refractivity contribution in [3.8, 4) is 6.07 Å². The number of aryl methyl sites for hydroxylation is 2. The lowest BCUT2D eigenvalue weighted by Crippen LogP contribution is -2.01. The minimum Gasteiger partial charge on any atom is -0.292 e. The summed E-state index contributed by atoms with van der Waals surface area (Å²) in [5.41, 5.74) is 0.771. The van der Waals surface area contributed by atoms with E-state index < -0.39 is 0 Å². The van der Waals surface area contributed by atoms with Crippen molar-refractivity contribution in [3.05, 3.63) is 33.4 Å². The Bertz CT molecular complexity index is 668. The lowest BCUT2D eigenvalue weighted by atomic mass is 10.3. The van der Waals surface area contributed by atoms with Gasteiger partial charge in [0, 0.05) is 0 Å². The monoisotopic (exact) mass is 262 g/mol. The highest BCUT2D eigenvalue weighted by Gasteiger charge is 2.11. The number of nitrogens with one attached hydrogen (secondary N) is 2. The van der Waals surface area contributed by atoms with Gasteiger partial charge in [-0.3, -0.25) is 4.98 Å². The van der Waals surface area contributed by atoms with Gasteiger partial charge in [-0.25, -0.2) is 19.9 Å². The van der Waals surface area contributed by atoms with E-state index in [4.69, 9.17) is 5.26 Å². The number of nitriles is 1. The molecule has 2 heterocycles. The molecule has 0 atom stereocenters. The Balaban J connectivity index is 2.24. The third kappa shape index (κ3) is 2.57. The third-order valence-corrected chi connectivity index (χ3v) is 3.16. The molecule has 0 spiro atoms. The van der Waals surface area contributed by atoms with Gasteiger partial charge in [0.2, 0.25) is 0 Å². The van der Waals surface area contributed by atoms with Crippen LogP contribution < -0.4 is 5.69 Å². The fourth-order valence-electron chi connectivity index (χ4n) is 1.42. The van der Waals surface area contributed by atoms with Crippen LogP contribution in [0.2, 0.25) is 0 Å². The van der Waals surface area contributed by atoms with Crippen LogP contribution in [0.4, 0.5) is 0 Å². The quantitative estimate of drug-likeness (QED) is 0.621. The van der Waals surface area contributed by atoms with Crippen molar-refractivity contribution in [1.29, 1.82) is 5.26 Å². The maximum Gasteiger partial charge on any atom is 0.340 e.